The first-order chi connectivity index (χ1) is 9.20. The molecular weight excluding hydrogens is 266 g/mol. The first-order valence-corrected chi connectivity index (χ1v) is 6.42. The molecular formula is C12H16ClN5O. The van der Waals surface area contributed by atoms with E-state index in [1.54, 1.807) is 13.1 Å². The lowest BCUT2D eigenvalue weighted by Crippen LogP contribution is -2.13. The second kappa shape index (κ2) is 6.49. The van der Waals surface area contributed by atoms with Gasteiger partial charge in [-0.05, 0) is 17.8 Å². The fourth-order valence-electron chi connectivity index (χ4n) is 1.63. The van der Waals surface area contributed by atoms with Gasteiger partial charge >= 0.3 is 0 Å². The zero-order valence-electron chi connectivity index (χ0n) is 10.9. The SMILES string of the molecule is CCNCc1cccc(Cl)c1OCc1nnn(C)n1. The summed E-state index contributed by atoms with van der Waals surface area (Å²) in [4.78, 5) is 1.39. The molecule has 1 heterocycles. The summed E-state index contributed by atoms with van der Waals surface area (Å²) in [6, 6.07) is 5.69. The fraction of sp³-hybridized carbons (Fsp3) is 0.417. The zero-order chi connectivity index (χ0) is 13.7. The van der Waals surface area contributed by atoms with Crippen LogP contribution in [0.4, 0.5) is 0 Å². The van der Waals surface area contributed by atoms with E-state index >= 15 is 0 Å². The van der Waals surface area contributed by atoms with Crippen molar-refractivity contribution in [1.82, 2.24) is 25.5 Å². The molecule has 0 unspecified atom stereocenters. The Labute approximate surface area is 116 Å². The van der Waals surface area contributed by atoms with Gasteiger partial charge in [0, 0.05) is 12.1 Å². The highest BCUT2D eigenvalue weighted by Crippen LogP contribution is 2.29. The molecule has 0 radical (unpaired) electrons. The third kappa shape index (κ3) is 3.65. The molecule has 1 aromatic carbocycles. The van der Waals surface area contributed by atoms with Gasteiger partial charge in [-0.25, -0.2) is 0 Å². The van der Waals surface area contributed by atoms with E-state index in [1.807, 2.05) is 12.1 Å². The predicted octanol–water partition coefficient (Wildman–Crippen LogP) is 1.55. The Morgan fingerprint density at radius 1 is 1.42 bits per heavy atom. The highest BCUT2D eigenvalue weighted by molar-refractivity contribution is 6.32. The van der Waals surface area contributed by atoms with Crippen molar-refractivity contribution >= 4 is 11.6 Å². The first-order valence-electron chi connectivity index (χ1n) is 6.04. The van der Waals surface area contributed by atoms with E-state index in [1.165, 1.54) is 4.80 Å². The molecule has 2 aromatic rings. The first kappa shape index (κ1) is 13.8. The van der Waals surface area contributed by atoms with Crippen LogP contribution in [-0.2, 0) is 20.2 Å². The summed E-state index contributed by atoms with van der Waals surface area (Å²) in [5, 5.41) is 15.5. The number of hydrogen-bond acceptors (Lipinski definition) is 5. The van der Waals surface area contributed by atoms with Gasteiger partial charge < -0.3 is 10.1 Å². The molecule has 0 bridgehead atoms. The van der Waals surface area contributed by atoms with Crippen molar-refractivity contribution in [3.05, 3.63) is 34.6 Å². The summed E-state index contributed by atoms with van der Waals surface area (Å²) in [5.74, 6) is 1.19. The molecule has 2 rings (SSSR count). The van der Waals surface area contributed by atoms with Crippen molar-refractivity contribution in [3.8, 4) is 5.75 Å². The van der Waals surface area contributed by atoms with E-state index in [4.69, 9.17) is 16.3 Å². The molecule has 0 aliphatic rings. The van der Waals surface area contributed by atoms with Gasteiger partial charge in [-0.2, -0.15) is 4.80 Å². The van der Waals surface area contributed by atoms with E-state index in [-0.39, 0.29) is 6.61 Å². The number of aromatic nitrogens is 4. The topological polar surface area (TPSA) is 64.9 Å². The smallest absolute Gasteiger partial charge is 0.212 e. The summed E-state index contributed by atoms with van der Waals surface area (Å²) < 4.78 is 5.71. The summed E-state index contributed by atoms with van der Waals surface area (Å²) in [6.07, 6.45) is 0. The Morgan fingerprint density at radius 2 is 2.26 bits per heavy atom. The van der Waals surface area contributed by atoms with E-state index in [0.717, 1.165) is 12.1 Å². The van der Waals surface area contributed by atoms with Crippen molar-refractivity contribution in [2.45, 2.75) is 20.1 Å². The summed E-state index contributed by atoms with van der Waals surface area (Å²) in [5.41, 5.74) is 1.01. The number of ether oxygens (including phenoxy) is 1. The van der Waals surface area contributed by atoms with Gasteiger partial charge in [0.05, 0.1) is 12.1 Å². The third-order valence-electron chi connectivity index (χ3n) is 2.51. The number of nitrogens with zero attached hydrogens (tertiary/aromatic N) is 4. The predicted molar refractivity (Wildman–Crippen MR) is 72.0 cm³/mol. The van der Waals surface area contributed by atoms with Gasteiger partial charge in [-0.3, -0.25) is 0 Å². The number of benzene rings is 1. The van der Waals surface area contributed by atoms with Crippen LogP contribution in [0, 0.1) is 0 Å². The number of para-hydroxylation sites is 1. The van der Waals surface area contributed by atoms with Gasteiger partial charge in [0.25, 0.3) is 0 Å². The molecule has 0 fully saturated rings. The molecule has 1 aromatic heterocycles. The van der Waals surface area contributed by atoms with Crippen LogP contribution in [0.3, 0.4) is 0 Å². The standard InChI is InChI=1S/C12H16ClN5O/c1-3-14-7-9-5-4-6-10(13)12(9)19-8-11-15-17-18(2)16-11/h4-6,14H,3,7-8H2,1-2H3. The monoisotopic (exact) mass is 281 g/mol. The molecule has 0 atom stereocenters. The summed E-state index contributed by atoms with van der Waals surface area (Å²) in [7, 11) is 1.71. The maximum atomic E-state index is 6.17. The molecule has 0 aliphatic carbocycles. The Kier molecular flexibility index (Phi) is 4.70. The van der Waals surface area contributed by atoms with Crippen LogP contribution in [0.1, 0.15) is 18.3 Å². The van der Waals surface area contributed by atoms with E-state index in [0.29, 0.717) is 23.1 Å². The number of rotatable bonds is 6. The Balaban J connectivity index is 2.09. The van der Waals surface area contributed by atoms with Crippen LogP contribution >= 0.6 is 11.6 Å². The van der Waals surface area contributed by atoms with Crippen molar-refractivity contribution in [2.75, 3.05) is 6.54 Å². The molecule has 7 heteroatoms. The van der Waals surface area contributed by atoms with Crippen LogP contribution in [0.15, 0.2) is 18.2 Å². The minimum absolute atomic E-state index is 0.247. The molecule has 0 saturated heterocycles. The Hall–Kier alpha value is -1.66. The van der Waals surface area contributed by atoms with E-state index in [2.05, 4.69) is 27.7 Å². The van der Waals surface area contributed by atoms with Gasteiger partial charge in [0.1, 0.15) is 5.75 Å². The molecule has 6 nitrogen and oxygen atoms in total. The lowest BCUT2D eigenvalue weighted by molar-refractivity contribution is 0.292. The zero-order valence-corrected chi connectivity index (χ0v) is 11.7. The molecule has 1 N–H and O–H groups in total. The molecule has 0 amide bonds. The Bertz CT molecular complexity index is 543. The highest BCUT2D eigenvalue weighted by Gasteiger charge is 2.10. The maximum absolute atomic E-state index is 6.17. The summed E-state index contributed by atoms with van der Waals surface area (Å²) >= 11 is 6.17. The van der Waals surface area contributed by atoms with Crippen molar-refractivity contribution in [1.29, 1.82) is 0 Å². The van der Waals surface area contributed by atoms with Crippen LogP contribution in [0.25, 0.3) is 0 Å². The van der Waals surface area contributed by atoms with Crippen molar-refractivity contribution < 1.29 is 4.74 Å². The van der Waals surface area contributed by atoms with Gasteiger partial charge in [-0.15, -0.1) is 10.2 Å². The average Bonchev–Trinajstić information content (AvgIpc) is 2.81. The van der Waals surface area contributed by atoms with E-state index < -0.39 is 0 Å². The summed E-state index contributed by atoms with van der Waals surface area (Å²) in [6.45, 7) is 3.89. The quantitative estimate of drug-likeness (QED) is 0.870. The third-order valence-corrected chi connectivity index (χ3v) is 2.81. The maximum Gasteiger partial charge on any atom is 0.212 e. The molecule has 102 valence electrons. The largest absolute Gasteiger partial charge is 0.484 e. The fourth-order valence-corrected chi connectivity index (χ4v) is 1.88. The number of hydrogen-bond donors (Lipinski definition) is 1. The Morgan fingerprint density at radius 3 is 2.95 bits per heavy atom. The van der Waals surface area contributed by atoms with Crippen molar-refractivity contribution in [2.24, 2.45) is 7.05 Å². The molecule has 0 saturated carbocycles. The average molecular weight is 282 g/mol. The van der Waals surface area contributed by atoms with Crippen LogP contribution in [0.2, 0.25) is 5.02 Å². The van der Waals surface area contributed by atoms with Crippen LogP contribution in [-0.4, -0.2) is 26.8 Å². The minimum Gasteiger partial charge on any atom is -0.484 e. The van der Waals surface area contributed by atoms with Gasteiger partial charge in [-0.1, -0.05) is 30.7 Å². The second-order valence-corrected chi connectivity index (χ2v) is 4.40. The molecule has 19 heavy (non-hydrogen) atoms. The highest BCUT2D eigenvalue weighted by atomic mass is 35.5. The van der Waals surface area contributed by atoms with Crippen LogP contribution in [0.5, 0.6) is 5.75 Å². The molecule has 0 spiro atoms. The normalized spacial score (nSPS) is 10.7. The molecule has 0 aliphatic heterocycles. The second-order valence-electron chi connectivity index (χ2n) is 3.99. The number of tetrazole rings is 1. The lowest BCUT2D eigenvalue weighted by Gasteiger charge is -2.12. The lowest BCUT2D eigenvalue weighted by atomic mass is 10.2. The van der Waals surface area contributed by atoms with Gasteiger partial charge in [0.15, 0.2) is 6.61 Å². The minimum atomic E-state index is 0.247. The number of aryl methyl sites for hydroxylation is 1. The number of halogens is 1. The van der Waals surface area contributed by atoms with E-state index in [9.17, 15) is 0 Å². The number of nitrogens with one attached hydrogen (secondary N) is 1. The van der Waals surface area contributed by atoms with Gasteiger partial charge in [0.2, 0.25) is 5.82 Å². The van der Waals surface area contributed by atoms with Crippen molar-refractivity contribution in [3.63, 3.8) is 0 Å². The van der Waals surface area contributed by atoms with Crippen LogP contribution < -0.4 is 10.1 Å².